The molecule has 50 heavy (non-hydrogen) atoms. The van der Waals surface area contributed by atoms with Crippen LogP contribution in [0.4, 0.5) is 5.13 Å². The van der Waals surface area contributed by atoms with E-state index in [0.29, 0.717) is 42.6 Å². The number of ether oxygens (including phenoxy) is 2. The first-order valence-corrected chi connectivity index (χ1v) is 17.6. The highest BCUT2D eigenvalue weighted by molar-refractivity contribution is 7.80. The number of oxime groups is 1. The Morgan fingerprint density at radius 1 is 1.34 bits per heavy atom. The Morgan fingerprint density at radius 3 is 2.68 bits per heavy atom. The van der Waals surface area contributed by atoms with E-state index in [9.17, 15) is 27.9 Å². The molecule has 21 heteroatoms. The van der Waals surface area contributed by atoms with E-state index < -0.39 is 57.2 Å². The largest absolute Gasteiger partial charge is 0.485 e. The van der Waals surface area contributed by atoms with Crippen LogP contribution in [0.25, 0.3) is 0 Å². The number of carbonyl (C=O) groups is 3. The van der Waals surface area contributed by atoms with Gasteiger partial charge in [-0.3, -0.25) is 19.1 Å². The van der Waals surface area contributed by atoms with Gasteiger partial charge < -0.3 is 41.5 Å². The number of carbonyl (C=O) groups excluding carboxylic acids is 2. The van der Waals surface area contributed by atoms with Crippen molar-refractivity contribution >= 4 is 56.2 Å². The van der Waals surface area contributed by atoms with Crippen molar-refractivity contribution in [2.75, 3.05) is 26.0 Å². The first kappa shape index (κ1) is 36.9. The number of fused-ring (bicyclic) bond motifs is 1. The Labute approximate surface area is 290 Å². The molecule has 3 aliphatic heterocycles. The molecular weight excluding hydrogens is 700 g/mol. The molecule has 272 valence electrons. The molecular formula is C29H38N8O11S2. The van der Waals surface area contributed by atoms with Crippen LogP contribution in [0, 0.1) is 0 Å². The third kappa shape index (κ3) is 7.37. The fourth-order valence-corrected chi connectivity index (χ4v) is 6.81. The van der Waals surface area contributed by atoms with Crippen molar-refractivity contribution in [1.29, 1.82) is 0 Å². The standard InChI is InChI=1S/C29H38N8O11S2/c1-28(2)22(25(39)37(28)48-50(42,43)44)35-24(38)21(18-13-49-27(31)34-18)36-47-29(3,26(40)41)20-8-6-14-11-15(5-7-19(14)46-20)23-32-16(9-10-30)17(33-23)12-45-4/h5,7,11,13,16-17,20,22H,6,8-10,12,30H2,1-4H3,(H2,31,34)(H,32,33)(H,35,38)(H,40,41)(H,42,43,44)/b36-21-/t16-,17-,20-,22-,29+/m1/s1. The third-order valence-electron chi connectivity index (χ3n) is 8.64. The average Bonchev–Trinajstić information content (AvgIpc) is 3.67. The second-order valence-electron chi connectivity index (χ2n) is 12.5. The number of amides is 2. The average molecular weight is 739 g/mol. The van der Waals surface area contributed by atoms with Crippen LogP contribution < -0.4 is 26.8 Å². The molecule has 0 spiro atoms. The lowest BCUT2D eigenvalue weighted by Gasteiger charge is -2.50. The topological polar surface area (TPSA) is 280 Å². The summed E-state index contributed by atoms with van der Waals surface area (Å²) in [6.07, 6.45) is 0.252. The predicted octanol–water partition coefficient (Wildman–Crippen LogP) is -0.395. The summed E-state index contributed by atoms with van der Waals surface area (Å²) in [4.78, 5) is 53.2. The van der Waals surface area contributed by atoms with Crippen LogP contribution >= 0.6 is 11.3 Å². The number of benzene rings is 1. The summed E-state index contributed by atoms with van der Waals surface area (Å²) in [7, 11) is -3.41. The van der Waals surface area contributed by atoms with Crippen molar-refractivity contribution in [3.8, 4) is 5.75 Å². The van der Waals surface area contributed by atoms with Gasteiger partial charge in [0.1, 0.15) is 23.3 Å². The summed E-state index contributed by atoms with van der Waals surface area (Å²) in [5.41, 5.74) is 9.03. The summed E-state index contributed by atoms with van der Waals surface area (Å²) in [6.45, 7) is 4.94. The van der Waals surface area contributed by atoms with Gasteiger partial charge in [-0.1, -0.05) is 5.16 Å². The summed E-state index contributed by atoms with van der Waals surface area (Å²) in [5.74, 6) is -2.32. The molecule has 2 aromatic rings. The number of aliphatic imine (C=N–C) groups is 1. The number of carboxylic acids is 1. The second-order valence-corrected chi connectivity index (χ2v) is 14.4. The van der Waals surface area contributed by atoms with Crippen molar-refractivity contribution in [2.24, 2.45) is 15.9 Å². The Morgan fingerprint density at radius 2 is 2.08 bits per heavy atom. The van der Waals surface area contributed by atoms with E-state index in [1.807, 2.05) is 6.07 Å². The molecule has 0 unspecified atom stereocenters. The number of methoxy groups -OCH3 is 1. The lowest BCUT2D eigenvalue weighted by Crippen LogP contribution is -2.76. The molecule has 1 fully saturated rings. The van der Waals surface area contributed by atoms with Crippen molar-refractivity contribution in [2.45, 2.75) is 75.4 Å². The van der Waals surface area contributed by atoms with Crippen molar-refractivity contribution in [1.82, 2.24) is 20.7 Å². The zero-order valence-corrected chi connectivity index (χ0v) is 29.1. The lowest BCUT2D eigenvalue weighted by atomic mass is 9.84. The van der Waals surface area contributed by atoms with E-state index in [1.165, 1.54) is 26.2 Å². The van der Waals surface area contributed by atoms with Crippen molar-refractivity contribution in [3.05, 3.63) is 40.4 Å². The zero-order valence-electron chi connectivity index (χ0n) is 27.5. The molecule has 4 heterocycles. The first-order valence-electron chi connectivity index (χ1n) is 15.3. The highest BCUT2D eigenvalue weighted by Gasteiger charge is 2.58. The predicted molar refractivity (Wildman–Crippen MR) is 178 cm³/mol. The summed E-state index contributed by atoms with van der Waals surface area (Å²) >= 11 is 0.966. The molecule has 1 saturated heterocycles. The van der Waals surface area contributed by atoms with Gasteiger partial charge in [-0.2, -0.15) is 13.5 Å². The maximum Gasteiger partial charge on any atom is 0.418 e. The van der Waals surface area contributed by atoms with Gasteiger partial charge in [0.15, 0.2) is 16.9 Å². The molecule has 0 radical (unpaired) electrons. The zero-order chi connectivity index (χ0) is 36.6. The number of carboxylic acid groups (broad SMARTS) is 1. The van der Waals surface area contributed by atoms with E-state index in [0.717, 1.165) is 22.5 Å². The maximum atomic E-state index is 13.5. The molecule has 2 amide bonds. The number of nitrogen functional groups attached to an aromatic ring is 1. The van der Waals surface area contributed by atoms with Gasteiger partial charge in [0, 0.05) is 18.1 Å². The Kier molecular flexibility index (Phi) is 10.4. The molecule has 0 aliphatic carbocycles. The number of thiazole rings is 1. The summed E-state index contributed by atoms with van der Waals surface area (Å²) in [5, 5.41) is 21.8. The fraction of sp³-hybridized carbons (Fsp3) is 0.517. The van der Waals surface area contributed by atoms with Gasteiger partial charge in [-0.25, -0.2) is 9.78 Å². The van der Waals surface area contributed by atoms with Crippen LogP contribution in [0.15, 0.2) is 33.7 Å². The minimum Gasteiger partial charge on any atom is -0.485 e. The number of aryl methyl sites for hydroxylation is 1. The highest BCUT2D eigenvalue weighted by atomic mass is 32.3. The van der Waals surface area contributed by atoms with Crippen LogP contribution in [-0.2, 0) is 45.1 Å². The van der Waals surface area contributed by atoms with Gasteiger partial charge in [0.25, 0.3) is 17.4 Å². The number of nitrogens with one attached hydrogen (secondary N) is 2. The number of amidine groups is 1. The third-order valence-corrected chi connectivity index (χ3v) is 9.65. The Balaban J connectivity index is 1.35. The number of hydroxylamine groups is 2. The quantitative estimate of drug-likeness (QED) is 0.0623. The van der Waals surface area contributed by atoms with Gasteiger partial charge >= 0.3 is 16.4 Å². The molecule has 1 aromatic carbocycles. The molecule has 5 rings (SSSR count). The van der Waals surface area contributed by atoms with Crippen molar-refractivity contribution < 1.29 is 51.1 Å². The number of nitrogens with zero attached hydrogens (tertiary/aromatic N) is 4. The smallest absolute Gasteiger partial charge is 0.418 e. The van der Waals surface area contributed by atoms with Crippen LogP contribution in [0.5, 0.6) is 5.75 Å². The van der Waals surface area contributed by atoms with E-state index in [4.69, 9.17) is 35.3 Å². The number of β-lactam (4-membered cyclic amide) rings is 1. The van der Waals surface area contributed by atoms with E-state index in [-0.39, 0.29) is 29.3 Å². The Hall–Kier alpha value is -4.41. The van der Waals surface area contributed by atoms with Crippen LogP contribution in [-0.4, -0.2) is 113 Å². The molecule has 3 aliphatic rings. The van der Waals surface area contributed by atoms with Gasteiger partial charge in [-0.15, -0.1) is 15.6 Å². The number of rotatable bonds is 14. The van der Waals surface area contributed by atoms with Gasteiger partial charge in [0.2, 0.25) is 0 Å². The van der Waals surface area contributed by atoms with Crippen LogP contribution in [0.2, 0.25) is 0 Å². The molecule has 19 nitrogen and oxygen atoms in total. The fourth-order valence-electron chi connectivity index (χ4n) is 5.81. The summed E-state index contributed by atoms with van der Waals surface area (Å²) in [6, 6.07) is 4.05. The maximum absolute atomic E-state index is 13.5. The number of hydrogen-bond donors (Lipinski definition) is 6. The number of hydrogen-bond acceptors (Lipinski definition) is 16. The van der Waals surface area contributed by atoms with Gasteiger partial charge in [-0.05, 0) is 70.3 Å². The molecule has 8 N–H and O–H groups in total. The minimum absolute atomic E-state index is 0.0219. The van der Waals surface area contributed by atoms with Crippen LogP contribution in [0.3, 0.4) is 0 Å². The lowest BCUT2D eigenvalue weighted by molar-refractivity contribution is -0.218. The summed E-state index contributed by atoms with van der Waals surface area (Å²) < 4.78 is 47.2. The molecule has 5 atom stereocenters. The number of aliphatic carboxylic acids is 1. The highest BCUT2D eigenvalue weighted by Crippen LogP contribution is 2.36. The van der Waals surface area contributed by atoms with E-state index >= 15 is 0 Å². The van der Waals surface area contributed by atoms with Crippen molar-refractivity contribution in [3.63, 3.8) is 0 Å². The molecule has 1 aromatic heterocycles. The van der Waals surface area contributed by atoms with Gasteiger partial charge in [0.05, 0.1) is 24.2 Å². The van der Waals surface area contributed by atoms with E-state index in [1.54, 1.807) is 19.2 Å². The number of anilines is 1. The second kappa shape index (κ2) is 14.1. The monoisotopic (exact) mass is 738 g/mol. The SMILES string of the molecule is COC[C@H]1NC(c2ccc3c(c2)CC[C@H]([C@](C)(O/N=C(\C(=O)N[C@@H]2C(=O)N(OS(=O)(=O)O)C2(C)C)c2csc(N)n2)C(=O)O)O3)=N[C@@H]1CCN. The first-order chi connectivity index (χ1) is 23.5. The normalized spacial score (nSPS) is 24.2. The van der Waals surface area contributed by atoms with Crippen LogP contribution in [0.1, 0.15) is 50.4 Å². The molecule has 0 saturated carbocycles. The Bertz CT molecular complexity index is 1830. The number of nitrogens with two attached hydrogens (primary N) is 2. The number of aromatic nitrogens is 1. The van der Waals surface area contributed by atoms with E-state index in [2.05, 4.69) is 25.1 Å². The minimum atomic E-state index is -5.03. The molecule has 0 bridgehead atoms.